The molecule has 0 aromatic heterocycles. The van der Waals surface area contributed by atoms with Gasteiger partial charge in [-0.2, -0.15) is 0 Å². The zero-order valence-corrected chi connectivity index (χ0v) is 14.4. The molecule has 0 amide bonds. The van der Waals surface area contributed by atoms with E-state index in [1.54, 1.807) is 0 Å². The van der Waals surface area contributed by atoms with Gasteiger partial charge in [-0.25, -0.2) is 0 Å². The van der Waals surface area contributed by atoms with Crippen LogP contribution in [-0.2, 0) is 9.47 Å². The summed E-state index contributed by atoms with van der Waals surface area (Å²) in [7, 11) is 0. The largest absolute Gasteiger partial charge is 0.377 e. The molecule has 2 aliphatic rings. The van der Waals surface area contributed by atoms with Gasteiger partial charge in [-0.3, -0.25) is 4.90 Å². The molecule has 21 heavy (non-hydrogen) atoms. The molecular formula is C17H34N2O2. The average molecular weight is 298 g/mol. The highest BCUT2D eigenvalue weighted by atomic mass is 16.5. The molecule has 0 radical (unpaired) electrons. The monoisotopic (exact) mass is 298 g/mol. The summed E-state index contributed by atoms with van der Waals surface area (Å²) in [4.78, 5) is 5.17. The maximum Gasteiger partial charge on any atom is 0.0596 e. The maximum atomic E-state index is 5.85. The van der Waals surface area contributed by atoms with Crippen LogP contribution < -0.4 is 0 Å². The van der Waals surface area contributed by atoms with Crippen LogP contribution in [0.25, 0.3) is 0 Å². The molecule has 0 unspecified atom stereocenters. The summed E-state index contributed by atoms with van der Waals surface area (Å²) in [5.74, 6) is 0.865. The second-order valence-electron chi connectivity index (χ2n) is 7.21. The van der Waals surface area contributed by atoms with Gasteiger partial charge in [0.25, 0.3) is 0 Å². The molecular weight excluding hydrogens is 264 g/mol. The van der Waals surface area contributed by atoms with Gasteiger partial charge in [-0.05, 0) is 46.5 Å². The molecule has 0 N–H and O–H groups in total. The van der Waals surface area contributed by atoms with Gasteiger partial charge in [0.15, 0.2) is 0 Å². The van der Waals surface area contributed by atoms with Gasteiger partial charge >= 0.3 is 0 Å². The standard InChI is InChI=1S/C17H34N2O2/c1-14(2)20-10-9-18-5-7-19(8-6-18)13-16-11-17(12-16)21-15(3)4/h14-17H,5-13H2,1-4H3. The van der Waals surface area contributed by atoms with Crippen LogP contribution in [0.5, 0.6) is 0 Å². The summed E-state index contributed by atoms with van der Waals surface area (Å²) in [5, 5.41) is 0. The Kier molecular flexibility index (Phi) is 6.93. The zero-order chi connectivity index (χ0) is 15.2. The number of rotatable bonds is 8. The van der Waals surface area contributed by atoms with Crippen LogP contribution in [-0.4, -0.2) is 74.0 Å². The first-order valence-corrected chi connectivity index (χ1v) is 8.74. The van der Waals surface area contributed by atoms with E-state index in [2.05, 4.69) is 37.5 Å². The van der Waals surface area contributed by atoms with E-state index in [1.165, 1.54) is 45.6 Å². The lowest BCUT2D eigenvalue weighted by Crippen LogP contribution is -2.50. The number of ether oxygens (including phenoxy) is 2. The molecule has 124 valence electrons. The first-order valence-electron chi connectivity index (χ1n) is 8.74. The Bertz CT molecular complexity index is 283. The van der Waals surface area contributed by atoms with Crippen molar-refractivity contribution in [1.29, 1.82) is 0 Å². The fraction of sp³-hybridized carbons (Fsp3) is 1.00. The number of hydrogen-bond acceptors (Lipinski definition) is 4. The smallest absolute Gasteiger partial charge is 0.0596 e. The minimum atomic E-state index is 0.353. The summed E-state index contributed by atoms with van der Waals surface area (Å²) >= 11 is 0. The molecule has 2 rings (SSSR count). The van der Waals surface area contributed by atoms with E-state index in [9.17, 15) is 0 Å². The fourth-order valence-corrected chi connectivity index (χ4v) is 3.30. The molecule has 2 fully saturated rings. The van der Waals surface area contributed by atoms with E-state index < -0.39 is 0 Å². The lowest BCUT2D eigenvalue weighted by atomic mass is 9.81. The molecule has 4 nitrogen and oxygen atoms in total. The van der Waals surface area contributed by atoms with E-state index in [4.69, 9.17) is 9.47 Å². The molecule has 0 atom stereocenters. The molecule has 0 aromatic carbocycles. The summed E-state index contributed by atoms with van der Waals surface area (Å²) in [6.45, 7) is 16.5. The molecule has 1 aliphatic carbocycles. The molecule has 0 bridgehead atoms. The van der Waals surface area contributed by atoms with Crippen molar-refractivity contribution in [2.75, 3.05) is 45.9 Å². The molecule has 1 saturated carbocycles. The van der Waals surface area contributed by atoms with Gasteiger partial charge < -0.3 is 14.4 Å². The fourth-order valence-electron chi connectivity index (χ4n) is 3.30. The summed E-state index contributed by atoms with van der Waals surface area (Å²) in [6, 6.07) is 0. The van der Waals surface area contributed by atoms with Crippen molar-refractivity contribution in [3.63, 3.8) is 0 Å². The summed E-state index contributed by atoms with van der Waals surface area (Å²) < 4.78 is 11.5. The van der Waals surface area contributed by atoms with Gasteiger partial charge in [-0.15, -0.1) is 0 Å². The van der Waals surface area contributed by atoms with E-state index in [0.717, 1.165) is 19.1 Å². The zero-order valence-electron chi connectivity index (χ0n) is 14.4. The topological polar surface area (TPSA) is 24.9 Å². The highest BCUT2D eigenvalue weighted by Gasteiger charge is 2.32. The number of hydrogen-bond donors (Lipinski definition) is 0. The van der Waals surface area contributed by atoms with Gasteiger partial charge in [0.05, 0.1) is 24.9 Å². The highest BCUT2D eigenvalue weighted by Crippen LogP contribution is 2.31. The lowest BCUT2D eigenvalue weighted by Gasteiger charge is -2.42. The Labute approximate surface area is 130 Å². The SMILES string of the molecule is CC(C)OCCN1CCN(CC2CC(OC(C)C)C2)CC1. The number of piperazine rings is 1. The molecule has 1 saturated heterocycles. The van der Waals surface area contributed by atoms with Crippen molar-refractivity contribution >= 4 is 0 Å². The first-order chi connectivity index (χ1) is 10.0. The highest BCUT2D eigenvalue weighted by molar-refractivity contribution is 4.84. The summed E-state index contributed by atoms with van der Waals surface area (Å²) in [6.07, 6.45) is 3.80. The molecule has 0 aromatic rings. The van der Waals surface area contributed by atoms with Gasteiger partial charge in [-0.1, -0.05) is 0 Å². The minimum absolute atomic E-state index is 0.353. The summed E-state index contributed by atoms with van der Waals surface area (Å²) in [5.41, 5.74) is 0. The van der Waals surface area contributed by atoms with Gasteiger partial charge in [0.2, 0.25) is 0 Å². The Morgan fingerprint density at radius 1 is 0.905 bits per heavy atom. The van der Waals surface area contributed by atoms with Crippen molar-refractivity contribution in [3.8, 4) is 0 Å². The number of nitrogens with zero attached hydrogens (tertiary/aromatic N) is 2. The molecule has 4 heteroatoms. The first kappa shape index (κ1) is 17.2. The predicted molar refractivity (Wildman–Crippen MR) is 86.7 cm³/mol. The van der Waals surface area contributed by atoms with Crippen LogP contribution in [0.15, 0.2) is 0 Å². The van der Waals surface area contributed by atoms with Crippen molar-refractivity contribution in [3.05, 3.63) is 0 Å². The minimum Gasteiger partial charge on any atom is -0.377 e. The average Bonchev–Trinajstić information content (AvgIpc) is 2.37. The maximum absolute atomic E-state index is 5.85. The molecule has 1 heterocycles. The third-order valence-electron chi connectivity index (χ3n) is 4.50. The van der Waals surface area contributed by atoms with Gasteiger partial charge in [0.1, 0.15) is 0 Å². The van der Waals surface area contributed by atoms with E-state index in [0.29, 0.717) is 18.3 Å². The van der Waals surface area contributed by atoms with Gasteiger partial charge in [0, 0.05) is 39.3 Å². The second kappa shape index (κ2) is 8.47. The molecule has 1 aliphatic heterocycles. The Morgan fingerprint density at radius 3 is 2.10 bits per heavy atom. The second-order valence-corrected chi connectivity index (χ2v) is 7.21. The van der Waals surface area contributed by atoms with Crippen LogP contribution in [0.2, 0.25) is 0 Å². The Hall–Kier alpha value is -0.160. The van der Waals surface area contributed by atoms with E-state index in [-0.39, 0.29) is 0 Å². The van der Waals surface area contributed by atoms with Crippen molar-refractivity contribution < 1.29 is 9.47 Å². The van der Waals surface area contributed by atoms with Crippen molar-refractivity contribution in [1.82, 2.24) is 9.80 Å². The third-order valence-corrected chi connectivity index (χ3v) is 4.50. The van der Waals surface area contributed by atoms with Crippen LogP contribution in [0.3, 0.4) is 0 Å². The van der Waals surface area contributed by atoms with E-state index in [1.807, 2.05) is 0 Å². The van der Waals surface area contributed by atoms with Crippen molar-refractivity contribution in [2.24, 2.45) is 5.92 Å². The predicted octanol–water partition coefficient (Wildman–Crippen LogP) is 2.23. The normalized spacial score (nSPS) is 28.3. The Balaban J connectivity index is 1.52. The van der Waals surface area contributed by atoms with Crippen molar-refractivity contribution in [2.45, 2.75) is 58.8 Å². The van der Waals surface area contributed by atoms with Crippen LogP contribution in [0.1, 0.15) is 40.5 Å². The van der Waals surface area contributed by atoms with Crippen LogP contribution >= 0.6 is 0 Å². The van der Waals surface area contributed by atoms with Crippen LogP contribution in [0, 0.1) is 5.92 Å². The Morgan fingerprint density at radius 2 is 1.52 bits per heavy atom. The van der Waals surface area contributed by atoms with E-state index >= 15 is 0 Å². The third kappa shape index (κ3) is 6.23. The van der Waals surface area contributed by atoms with Crippen LogP contribution in [0.4, 0.5) is 0 Å². The molecule has 0 spiro atoms. The lowest BCUT2D eigenvalue weighted by molar-refractivity contribution is -0.0701. The quantitative estimate of drug-likeness (QED) is 0.686.